The minimum atomic E-state index is -0.924. The number of piperidine rings is 1. The lowest BCUT2D eigenvalue weighted by Gasteiger charge is -2.26. The maximum absolute atomic E-state index is 12.5. The van der Waals surface area contributed by atoms with E-state index >= 15 is 0 Å². The second-order valence-corrected chi connectivity index (χ2v) is 9.13. The van der Waals surface area contributed by atoms with E-state index in [0.29, 0.717) is 28.7 Å². The summed E-state index contributed by atoms with van der Waals surface area (Å²) in [6, 6.07) is 13.1. The van der Waals surface area contributed by atoms with Crippen LogP contribution in [0.3, 0.4) is 0 Å². The monoisotopic (exact) mass is 480 g/mol. The van der Waals surface area contributed by atoms with Gasteiger partial charge in [-0.2, -0.15) is 0 Å². The Labute approximate surface area is 202 Å². The number of rotatable bonds is 9. The minimum Gasteiger partial charge on any atom is -0.490 e. The number of carbonyl (C=O) groups excluding carboxylic acids is 1. The van der Waals surface area contributed by atoms with Crippen molar-refractivity contribution in [2.45, 2.75) is 32.6 Å². The third-order valence-corrected chi connectivity index (χ3v) is 6.69. The summed E-state index contributed by atoms with van der Waals surface area (Å²) in [6.07, 6.45) is 4.90. The van der Waals surface area contributed by atoms with E-state index in [9.17, 15) is 14.7 Å². The van der Waals surface area contributed by atoms with Gasteiger partial charge in [0, 0.05) is 13.1 Å². The fraction of sp³-hybridized carbons (Fsp3) is 0.346. The van der Waals surface area contributed by atoms with Crippen molar-refractivity contribution >= 4 is 45.1 Å². The van der Waals surface area contributed by atoms with Crippen LogP contribution >= 0.6 is 11.3 Å². The van der Waals surface area contributed by atoms with Crippen molar-refractivity contribution in [3.05, 3.63) is 53.0 Å². The number of carboxylic acids is 1. The molecule has 2 heterocycles. The van der Waals surface area contributed by atoms with Gasteiger partial charge in [0.25, 0.3) is 5.91 Å². The SMILES string of the molecule is CCOc1cc(/C=C(/CC(=O)O)c2nc3ccccc3s2)ccc1OCC(=O)N1CCCCC1. The predicted octanol–water partition coefficient (Wildman–Crippen LogP) is 5.10. The lowest BCUT2D eigenvalue weighted by molar-refractivity contribution is -0.136. The number of hydrogen-bond acceptors (Lipinski definition) is 6. The van der Waals surface area contributed by atoms with Crippen LogP contribution in [-0.4, -0.2) is 53.2 Å². The van der Waals surface area contributed by atoms with Crippen LogP contribution in [0.4, 0.5) is 0 Å². The van der Waals surface area contributed by atoms with Gasteiger partial charge >= 0.3 is 5.97 Å². The molecule has 0 radical (unpaired) electrons. The minimum absolute atomic E-state index is 0.0225. The summed E-state index contributed by atoms with van der Waals surface area (Å²) in [4.78, 5) is 30.5. The first-order valence-electron chi connectivity index (χ1n) is 11.5. The maximum Gasteiger partial charge on any atom is 0.307 e. The van der Waals surface area contributed by atoms with Crippen LogP contribution in [0.2, 0.25) is 0 Å². The lowest BCUT2D eigenvalue weighted by atomic mass is 10.1. The second kappa shape index (κ2) is 11.2. The van der Waals surface area contributed by atoms with Crippen molar-refractivity contribution in [3.63, 3.8) is 0 Å². The van der Waals surface area contributed by atoms with E-state index < -0.39 is 5.97 Å². The first-order chi connectivity index (χ1) is 16.5. The summed E-state index contributed by atoms with van der Waals surface area (Å²) in [6.45, 7) is 3.83. The van der Waals surface area contributed by atoms with Gasteiger partial charge in [-0.1, -0.05) is 18.2 Å². The maximum atomic E-state index is 12.5. The molecular weight excluding hydrogens is 452 g/mol. The number of amides is 1. The Balaban J connectivity index is 1.57. The van der Waals surface area contributed by atoms with E-state index in [-0.39, 0.29) is 18.9 Å². The Hall–Kier alpha value is -3.39. The average molecular weight is 481 g/mol. The molecule has 1 N–H and O–H groups in total. The van der Waals surface area contributed by atoms with Crippen molar-refractivity contribution in [2.75, 3.05) is 26.3 Å². The van der Waals surface area contributed by atoms with Crippen LogP contribution in [-0.2, 0) is 9.59 Å². The van der Waals surface area contributed by atoms with Gasteiger partial charge < -0.3 is 19.5 Å². The van der Waals surface area contributed by atoms with Gasteiger partial charge in [-0.05, 0) is 67.7 Å². The van der Waals surface area contributed by atoms with Crippen LogP contribution in [0, 0.1) is 0 Å². The topological polar surface area (TPSA) is 89.0 Å². The van der Waals surface area contributed by atoms with Crippen molar-refractivity contribution in [2.24, 2.45) is 0 Å². The molecule has 0 saturated carbocycles. The van der Waals surface area contributed by atoms with Gasteiger partial charge in [-0.25, -0.2) is 4.98 Å². The molecule has 4 rings (SSSR count). The van der Waals surface area contributed by atoms with Gasteiger partial charge in [0.05, 0.1) is 23.2 Å². The predicted molar refractivity (Wildman–Crippen MR) is 133 cm³/mol. The second-order valence-electron chi connectivity index (χ2n) is 8.10. The normalized spacial score (nSPS) is 14.3. The zero-order valence-electron chi connectivity index (χ0n) is 19.2. The Kier molecular flexibility index (Phi) is 7.80. The number of likely N-dealkylation sites (tertiary alicyclic amines) is 1. The molecule has 2 aromatic carbocycles. The molecule has 1 saturated heterocycles. The van der Waals surface area contributed by atoms with E-state index in [2.05, 4.69) is 4.98 Å². The molecule has 3 aromatic rings. The highest BCUT2D eigenvalue weighted by atomic mass is 32.1. The molecule has 0 unspecified atom stereocenters. The highest BCUT2D eigenvalue weighted by Gasteiger charge is 2.18. The molecular formula is C26H28N2O5S. The molecule has 1 aromatic heterocycles. The molecule has 1 fully saturated rings. The summed E-state index contributed by atoms with van der Waals surface area (Å²) in [5.41, 5.74) is 2.23. The number of carboxylic acid groups (broad SMARTS) is 1. The molecule has 34 heavy (non-hydrogen) atoms. The van der Waals surface area contributed by atoms with Gasteiger partial charge in [-0.15, -0.1) is 11.3 Å². The third-order valence-electron chi connectivity index (χ3n) is 5.58. The smallest absolute Gasteiger partial charge is 0.307 e. The molecule has 178 valence electrons. The molecule has 0 atom stereocenters. The molecule has 8 heteroatoms. The van der Waals surface area contributed by atoms with Crippen LogP contribution in [0.25, 0.3) is 21.9 Å². The van der Waals surface area contributed by atoms with Crippen molar-refractivity contribution in [1.82, 2.24) is 9.88 Å². The first-order valence-corrected chi connectivity index (χ1v) is 12.3. The fourth-order valence-corrected chi connectivity index (χ4v) is 4.92. The summed E-state index contributed by atoms with van der Waals surface area (Å²) in [5.74, 6) is 0.0585. The van der Waals surface area contributed by atoms with E-state index in [1.807, 2.05) is 48.2 Å². The summed E-state index contributed by atoms with van der Waals surface area (Å²) >= 11 is 1.47. The van der Waals surface area contributed by atoms with Crippen LogP contribution in [0.1, 0.15) is 43.2 Å². The van der Waals surface area contributed by atoms with E-state index in [1.54, 1.807) is 12.1 Å². The Morgan fingerprint density at radius 1 is 1.09 bits per heavy atom. The number of thiazole rings is 1. The lowest BCUT2D eigenvalue weighted by Crippen LogP contribution is -2.38. The summed E-state index contributed by atoms with van der Waals surface area (Å²) in [5, 5.41) is 10.1. The highest BCUT2D eigenvalue weighted by Crippen LogP contribution is 2.33. The average Bonchev–Trinajstić information content (AvgIpc) is 3.28. The Morgan fingerprint density at radius 3 is 2.62 bits per heavy atom. The van der Waals surface area contributed by atoms with Gasteiger partial charge in [0.15, 0.2) is 18.1 Å². The van der Waals surface area contributed by atoms with Crippen LogP contribution in [0.5, 0.6) is 11.5 Å². The molecule has 1 aliphatic rings. The van der Waals surface area contributed by atoms with Crippen molar-refractivity contribution in [1.29, 1.82) is 0 Å². The molecule has 1 aliphatic heterocycles. The van der Waals surface area contributed by atoms with Crippen molar-refractivity contribution < 1.29 is 24.2 Å². The fourth-order valence-electron chi connectivity index (χ4n) is 3.94. The van der Waals surface area contributed by atoms with Crippen LogP contribution < -0.4 is 9.47 Å². The molecule has 0 spiro atoms. The number of para-hydroxylation sites is 1. The van der Waals surface area contributed by atoms with Gasteiger partial charge in [-0.3, -0.25) is 9.59 Å². The Morgan fingerprint density at radius 2 is 1.88 bits per heavy atom. The number of ether oxygens (including phenoxy) is 2. The third kappa shape index (κ3) is 5.94. The quantitative estimate of drug-likeness (QED) is 0.458. The zero-order valence-corrected chi connectivity index (χ0v) is 20.0. The van der Waals surface area contributed by atoms with Crippen molar-refractivity contribution in [3.8, 4) is 11.5 Å². The van der Waals surface area contributed by atoms with Gasteiger partial charge in [0.1, 0.15) is 5.01 Å². The number of hydrogen-bond donors (Lipinski definition) is 1. The molecule has 0 bridgehead atoms. The first kappa shape index (κ1) is 23.8. The number of fused-ring (bicyclic) bond motifs is 1. The number of benzene rings is 2. The number of aromatic nitrogens is 1. The largest absolute Gasteiger partial charge is 0.490 e. The molecule has 1 amide bonds. The standard InChI is InChI=1S/C26H28N2O5S/c1-2-32-22-15-18(10-11-21(22)33-17-24(29)28-12-6-3-7-13-28)14-19(16-25(30)31)26-27-20-8-4-5-9-23(20)34-26/h4-5,8-11,14-15H,2-3,6-7,12-13,16-17H2,1H3,(H,30,31)/b19-14-. The number of nitrogens with zero attached hydrogens (tertiary/aromatic N) is 2. The highest BCUT2D eigenvalue weighted by molar-refractivity contribution is 7.19. The number of carbonyl (C=O) groups is 2. The van der Waals surface area contributed by atoms with Gasteiger partial charge in [0.2, 0.25) is 0 Å². The summed E-state index contributed by atoms with van der Waals surface area (Å²) < 4.78 is 12.6. The van der Waals surface area contributed by atoms with E-state index in [1.165, 1.54) is 11.3 Å². The van der Waals surface area contributed by atoms with E-state index in [4.69, 9.17) is 9.47 Å². The summed E-state index contributed by atoms with van der Waals surface area (Å²) in [7, 11) is 0. The molecule has 7 nitrogen and oxygen atoms in total. The Bertz CT molecular complexity index is 1160. The molecule has 0 aliphatic carbocycles. The van der Waals surface area contributed by atoms with E-state index in [0.717, 1.165) is 48.1 Å². The van der Waals surface area contributed by atoms with Crippen LogP contribution in [0.15, 0.2) is 42.5 Å². The zero-order chi connectivity index (χ0) is 23.9. The number of aliphatic carboxylic acids is 1.